The highest BCUT2D eigenvalue weighted by Crippen LogP contribution is 2.11. The smallest absolute Gasteiger partial charge is 0.311 e. The minimum absolute atomic E-state index is 0.216. The van der Waals surface area contributed by atoms with Gasteiger partial charge < -0.3 is 4.74 Å². The minimum Gasteiger partial charge on any atom is -0.469 e. The van der Waals surface area contributed by atoms with Crippen LogP contribution in [0.2, 0.25) is 0 Å². The first-order chi connectivity index (χ1) is 7.63. The van der Waals surface area contributed by atoms with Crippen molar-refractivity contribution in [3.63, 3.8) is 0 Å². The van der Waals surface area contributed by atoms with Gasteiger partial charge in [-0.1, -0.05) is 18.2 Å². The van der Waals surface area contributed by atoms with Crippen LogP contribution in [0.5, 0.6) is 0 Å². The SMILES string of the molecule is COC(=O)C/C(C)=N/N(C)c1ccccc1. The van der Waals surface area contributed by atoms with E-state index in [4.69, 9.17) is 0 Å². The second-order valence-corrected chi connectivity index (χ2v) is 3.45. The molecule has 16 heavy (non-hydrogen) atoms. The summed E-state index contributed by atoms with van der Waals surface area (Å²) in [4.78, 5) is 11.0. The highest BCUT2D eigenvalue weighted by Gasteiger charge is 2.04. The Morgan fingerprint density at radius 2 is 2.00 bits per heavy atom. The maximum atomic E-state index is 11.0. The van der Waals surface area contributed by atoms with E-state index in [9.17, 15) is 4.79 Å². The third-order valence-electron chi connectivity index (χ3n) is 2.08. The summed E-state index contributed by atoms with van der Waals surface area (Å²) < 4.78 is 4.57. The molecule has 86 valence electrons. The van der Waals surface area contributed by atoms with Gasteiger partial charge in [0.2, 0.25) is 0 Å². The quantitative estimate of drug-likeness (QED) is 0.443. The van der Waals surface area contributed by atoms with E-state index in [0.717, 1.165) is 11.4 Å². The van der Waals surface area contributed by atoms with Crippen LogP contribution in [0.1, 0.15) is 13.3 Å². The lowest BCUT2D eigenvalue weighted by Crippen LogP contribution is -2.14. The summed E-state index contributed by atoms with van der Waals surface area (Å²) in [6.45, 7) is 1.80. The van der Waals surface area contributed by atoms with Gasteiger partial charge in [0.1, 0.15) is 0 Å². The summed E-state index contributed by atoms with van der Waals surface area (Å²) in [6.07, 6.45) is 0.216. The van der Waals surface area contributed by atoms with Gasteiger partial charge >= 0.3 is 5.97 Å². The van der Waals surface area contributed by atoms with Gasteiger partial charge in [-0.05, 0) is 19.1 Å². The highest BCUT2D eigenvalue weighted by molar-refractivity contribution is 5.97. The molecule has 0 radical (unpaired) electrons. The summed E-state index contributed by atoms with van der Waals surface area (Å²) in [5, 5.41) is 6.02. The topological polar surface area (TPSA) is 41.9 Å². The van der Waals surface area contributed by atoms with Gasteiger partial charge in [0.15, 0.2) is 0 Å². The third-order valence-corrected chi connectivity index (χ3v) is 2.08. The van der Waals surface area contributed by atoms with E-state index in [-0.39, 0.29) is 12.4 Å². The third kappa shape index (κ3) is 3.73. The van der Waals surface area contributed by atoms with Gasteiger partial charge in [-0.3, -0.25) is 9.80 Å². The van der Waals surface area contributed by atoms with Crippen LogP contribution in [-0.2, 0) is 9.53 Å². The molecule has 4 heteroatoms. The number of carbonyl (C=O) groups excluding carboxylic acids is 1. The van der Waals surface area contributed by atoms with Gasteiger partial charge in [0.25, 0.3) is 0 Å². The molecule has 4 nitrogen and oxygen atoms in total. The van der Waals surface area contributed by atoms with Crippen molar-refractivity contribution in [2.75, 3.05) is 19.2 Å². The van der Waals surface area contributed by atoms with Crippen molar-refractivity contribution in [2.24, 2.45) is 5.10 Å². The lowest BCUT2D eigenvalue weighted by Gasteiger charge is -2.13. The fourth-order valence-electron chi connectivity index (χ4n) is 1.27. The average Bonchev–Trinajstić information content (AvgIpc) is 2.29. The minimum atomic E-state index is -0.275. The Balaban J connectivity index is 2.65. The lowest BCUT2D eigenvalue weighted by atomic mass is 10.3. The summed E-state index contributed by atoms with van der Waals surface area (Å²) in [6, 6.07) is 9.74. The average molecular weight is 220 g/mol. The van der Waals surface area contributed by atoms with Crippen LogP contribution in [-0.4, -0.2) is 25.8 Å². The number of para-hydroxylation sites is 1. The van der Waals surface area contributed by atoms with Crippen molar-refractivity contribution >= 4 is 17.4 Å². The number of carbonyl (C=O) groups is 1. The Hall–Kier alpha value is -1.84. The van der Waals surface area contributed by atoms with Crippen LogP contribution in [0.15, 0.2) is 35.4 Å². The molecule has 0 bridgehead atoms. The largest absolute Gasteiger partial charge is 0.469 e. The monoisotopic (exact) mass is 220 g/mol. The molecule has 0 aliphatic rings. The van der Waals surface area contributed by atoms with E-state index in [2.05, 4.69) is 9.84 Å². The first-order valence-corrected chi connectivity index (χ1v) is 5.03. The molecule has 0 fully saturated rings. The molecular weight excluding hydrogens is 204 g/mol. The molecule has 0 saturated heterocycles. The molecule has 0 atom stereocenters. The number of hydrogen-bond acceptors (Lipinski definition) is 4. The van der Waals surface area contributed by atoms with Crippen LogP contribution in [0.3, 0.4) is 0 Å². The number of esters is 1. The molecule has 0 unspecified atom stereocenters. The van der Waals surface area contributed by atoms with Crippen molar-refractivity contribution in [1.29, 1.82) is 0 Å². The molecule has 0 N–H and O–H groups in total. The van der Waals surface area contributed by atoms with Gasteiger partial charge in [0, 0.05) is 12.8 Å². The normalized spacial score (nSPS) is 11.1. The van der Waals surface area contributed by atoms with Crippen LogP contribution in [0.4, 0.5) is 5.69 Å². The molecule has 0 aromatic heterocycles. The summed E-state index contributed by atoms with van der Waals surface area (Å²) in [5.74, 6) is -0.275. The second-order valence-electron chi connectivity index (χ2n) is 3.45. The summed E-state index contributed by atoms with van der Waals surface area (Å²) in [7, 11) is 3.21. The predicted molar refractivity (Wildman–Crippen MR) is 64.6 cm³/mol. The molecule has 0 saturated carbocycles. The maximum Gasteiger partial charge on any atom is 0.311 e. The Labute approximate surface area is 95.5 Å². The van der Waals surface area contributed by atoms with Gasteiger partial charge in [0.05, 0.1) is 19.2 Å². The Kier molecular flexibility index (Phi) is 4.51. The van der Waals surface area contributed by atoms with Gasteiger partial charge in [-0.25, -0.2) is 0 Å². The molecule has 0 aliphatic heterocycles. The zero-order valence-electron chi connectivity index (χ0n) is 9.80. The maximum absolute atomic E-state index is 11.0. The molecule has 0 amide bonds. The highest BCUT2D eigenvalue weighted by atomic mass is 16.5. The zero-order chi connectivity index (χ0) is 12.0. The molecule has 1 aromatic rings. The molecule has 1 aromatic carbocycles. The number of hydrazone groups is 1. The zero-order valence-corrected chi connectivity index (χ0v) is 9.80. The number of nitrogens with zero attached hydrogens (tertiary/aromatic N) is 2. The fraction of sp³-hybridized carbons (Fsp3) is 0.333. The van der Waals surface area contributed by atoms with E-state index in [1.165, 1.54) is 7.11 Å². The first-order valence-electron chi connectivity index (χ1n) is 5.03. The van der Waals surface area contributed by atoms with E-state index in [0.29, 0.717) is 0 Å². The first kappa shape index (κ1) is 12.2. The Morgan fingerprint density at radius 3 is 2.56 bits per heavy atom. The Morgan fingerprint density at radius 1 is 1.38 bits per heavy atom. The number of rotatable bonds is 4. The van der Waals surface area contributed by atoms with Crippen LogP contribution in [0, 0.1) is 0 Å². The van der Waals surface area contributed by atoms with Crippen molar-refractivity contribution in [3.05, 3.63) is 30.3 Å². The molecule has 1 rings (SSSR count). The summed E-state index contributed by atoms with van der Waals surface area (Å²) in [5.41, 5.74) is 1.70. The standard InChI is InChI=1S/C12H16N2O2/c1-10(9-12(15)16-3)13-14(2)11-7-5-4-6-8-11/h4-8H,9H2,1-3H3/b13-10+. The number of anilines is 1. The molecule has 0 spiro atoms. The lowest BCUT2D eigenvalue weighted by molar-refractivity contribution is -0.139. The van der Waals surface area contributed by atoms with Crippen molar-refractivity contribution in [1.82, 2.24) is 0 Å². The van der Waals surface area contributed by atoms with Gasteiger partial charge in [-0.15, -0.1) is 0 Å². The van der Waals surface area contributed by atoms with Gasteiger partial charge in [-0.2, -0.15) is 5.10 Å². The Bertz CT molecular complexity index is 374. The van der Waals surface area contributed by atoms with E-state index >= 15 is 0 Å². The number of benzene rings is 1. The van der Waals surface area contributed by atoms with E-state index < -0.39 is 0 Å². The van der Waals surface area contributed by atoms with Crippen molar-refractivity contribution in [3.8, 4) is 0 Å². The fourth-order valence-corrected chi connectivity index (χ4v) is 1.27. The molecule has 0 heterocycles. The number of methoxy groups -OCH3 is 1. The molecular formula is C12H16N2O2. The molecule has 0 aliphatic carbocycles. The van der Waals surface area contributed by atoms with Crippen molar-refractivity contribution < 1.29 is 9.53 Å². The van der Waals surface area contributed by atoms with Crippen LogP contribution in [0.25, 0.3) is 0 Å². The van der Waals surface area contributed by atoms with Crippen LogP contribution >= 0.6 is 0 Å². The number of ether oxygens (including phenoxy) is 1. The summed E-state index contributed by atoms with van der Waals surface area (Å²) >= 11 is 0. The van der Waals surface area contributed by atoms with Crippen molar-refractivity contribution in [2.45, 2.75) is 13.3 Å². The van der Waals surface area contributed by atoms with Crippen LogP contribution < -0.4 is 5.01 Å². The second kappa shape index (κ2) is 5.90. The number of hydrogen-bond donors (Lipinski definition) is 0. The van der Waals surface area contributed by atoms with E-state index in [1.807, 2.05) is 37.4 Å². The van der Waals surface area contributed by atoms with E-state index in [1.54, 1.807) is 11.9 Å². The predicted octanol–water partition coefficient (Wildman–Crippen LogP) is 2.06.